The maximum Gasteiger partial charge on any atom is 0.235 e. The number of thioether (sulfide) groups is 1. The van der Waals surface area contributed by atoms with E-state index in [9.17, 15) is 10.1 Å². The Morgan fingerprint density at radius 3 is 2.89 bits per heavy atom. The number of benzene rings is 1. The van der Waals surface area contributed by atoms with Gasteiger partial charge in [-0.05, 0) is 68.4 Å². The van der Waals surface area contributed by atoms with Gasteiger partial charge in [0.05, 0.1) is 11.3 Å². The molecule has 0 fully saturated rings. The quantitative estimate of drug-likeness (QED) is 0.230. The molecule has 0 unspecified atom stereocenters. The van der Waals surface area contributed by atoms with E-state index in [0.717, 1.165) is 37.0 Å². The summed E-state index contributed by atoms with van der Waals surface area (Å²) >= 11 is 2.85. The van der Waals surface area contributed by atoms with Crippen molar-refractivity contribution in [2.24, 2.45) is 0 Å². The van der Waals surface area contributed by atoms with Gasteiger partial charge >= 0.3 is 0 Å². The zero-order valence-electron chi connectivity index (χ0n) is 20.1. The number of allylic oxidation sites excluding steroid dienone is 1. The van der Waals surface area contributed by atoms with Crippen LogP contribution in [0.2, 0.25) is 0 Å². The molecule has 0 spiro atoms. The van der Waals surface area contributed by atoms with Gasteiger partial charge in [-0.25, -0.2) is 0 Å². The minimum Gasteiger partial charge on any atom is -0.486 e. The van der Waals surface area contributed by atoms with Gasteiger partial charge < -0.3 is 10.1 Å². The lowest BCUT2D eigenvalue weighted by molar-refractivity contribution is -0.113. The summed E-state index contributed by atoms with van der Waals surface area (Å²) in [5.41, 5.74) is 4.13. The van der Waals surface area contributed by atoms with Crippen molar-refractivity contribution in [1.82, 2.24) is 14.8 Å². The number of rotatable bonds is 9. The fraction of sp³-hybridized carbons (Fsp3) is 0.385. The molecule has 7 nitrogen and oxygen atoms in total. The standard InChI is InChI=1S/C26H29N5O2S2/c1-4-12-31-23(15-33-19-11-10-17(2)18(3)13-19)29-30-26(31)34-16-24(32)28-25-21(14-27)20-8-6-5-7-9-22(20)35-25/h4,10-11,13H,1,5-9,12,15-16H2,2-3H3,(H,28,32). The Balaban J connectivity index is 1.40. The van der Waals surface area contributed by atoms with Crippen molar-refractivity contribution in [2.75, 3.05) is 11.1 Å². The van der Waals surface area contributed by atoms with Crippen LogP contribution >= 0.6 is 23.1 Å². The third kappa shape index (κ3) is 5.95. The number of carbonyl (C=O) groups excluding carboxylic acids is 1. The number of carbonyl (C=O) groups is 1. The molecule has 0 saturated carbocycles. The molecular weight excluding hydrogens is 478 g/mol. The van der Waals surface area contributed by atoms with Crippen LogP contribution in [-0.2, 0) is 30.8 Å². The fourth-order valence-electron chi connectivity index (χ4n) is 4.04. The highest BCUT2D eigenvalue weighted by Gasteiger charge is 2.21. The zero-order chi connectivity index (χ0) is 24.8. The van der Waals surface area contributed by atoms with Crippen LogP contribution in [0.25, 0.3) is 0 Å². The summed E-state index contributed by atoms with van der Waals surface area (Å²) < 4.78 is 7.83. The summed E-state index contributed by atoms with van der Waals surface area (Å²) in [5.74, 6) is 1.45. The predicted octanol–water partition coefficient (Wildman–Crippen LogP) is 5.59. The molecule has 1 aliphatic carbocycles. The van der Waals surface area contributed by atoms with Crippen LogP contribution in [0.5, 0.6) is 5.75 Å². The molecule has 0 atom stereocenters. The second-order valence-electron chi connectivity index (χ2n) is 8.55. The highest BCUT2D eigenvalue weighted by Crippen LogP contribution is 2.37. The van der Waals surface area contributed by atoms with E-state index in [4.69, 9.17) is 4.74 Å². The summed E-state index contributed by atoms with van der Waals surface area (Å²) in [6.45, 7) is 8.72. The Morgan fingerprint density at radius 1 is 1.29 bits per heavy atom. The summed E-state index contributed by atoms with van der Waals surface area (Å²) in [6.07, 6.45) is 7.08. The number of fused-ring (bicyclic) bond motifs is 1. The summed E-state index contributed by atoms with van der Waals surface area (Å²) in [4.78, 5) is 14.0. The molecule has 0 radical (unpaired) electrons. The van der Waals surface area contributed by atoms with Gasteiger partial charge in [-0.3, -0.25) is 9.36 Å². The Hall–Kier alpha value is -3.09. The molecular formula is C26H29N5O2S2. The molecule has 1 aromatic carbocycles. The molecule has 1 aliphatic rings. The van der Waals surface area contributed by atoms with Gasteiger partial charge in [0.25, 0.3) is 0 Å². The Morgan fingerprint density at radius 2 is 2.11 bits per heavy atom. The number of hydrogen-bond donors (Lipinski definition) is 1. The van der Waals surface area contributed by atoms with Gasteiger partial charge in [-0.1, -0.05) is 30.3 Å². The molecule has 0 saturated heterocycles. The van der Waals surface area contributed by atoms with E-state index in [-0.39, 0.29) is 18.3 Å². The van der Waals surface area contributed by atoms with Crippen molar-refractivity contribution in [3.63, 3.8) is 0 Å². The first kappa shape index (κ1) is 25.0. The number of nitrogens with zero attached hydrogens (tertiary/aromatic N) is 4. The van der Waals surface area contributed by atoms with Crippen molar-refractivity contribution in [3.05, 3.63) is 63.8 Å². The largest absolute Gasteiger partial charge is 0.486 e. The minimum absolute atomic E-state index is 0.163. The Kier molecular flexibility index (Phi) is 8.26. The number of hydrogen-bond acceptors (Lipinski definition) is 7. The second kappa shape index (κ2) is 11.6. The molecule has 182 valence electrons. The molecule has 4 rings (SSSR count). The van der Waals surface area contributed by atoms with Crippen LogP contribution in [0.4, 0.5) is 5.00 Å². The summed E-state index contributed by atoms with van der Waals surface area (Å²) in [6, 6.07) is 8.29. The first-order valence-electron chi connectivity index (χ1n) is 11.7. The van der Waals surface area contributed by atoms with E-state index in [2.05, 4.69) is 42.0 Å². The second-order valence-corrected chi connectivity index (χ2v) is 10.6. The third-order valence-corrected chi connectivity index (χ3v) is 8.24. The van der Waals surface area contributed by atoms with Gasteiger partial charge in [-0.2, -0.15) is 5.26 Å². The van der Waals surface area contributed by atoms with E-state index >= 15 is 0 Å². The van der Waals surface area contributed by atoms with E-state index in [1.54, 1.807) is 17.4 Å². The molecule has 1 N–H and O–H groups in total. The van der Waals surface area contributed by atoms with Crippen LogP contribution in [0.3, 0.4) is 0 Å². The number of aryl methyl sites for hydroxylation is 3. The molecule has 1 amide bonds. The van der Waals surface area contributed by atoms with Crippen molar-refractivity contribution >= 4 is 34.0 Å². The lowest BCUT2D eigenvalue weighted by Gasteiger charge is -2.10. The number of aromatic nitrogens is 3. The average Bonchev–Trinajstić information content (AvgIpc) is 3.29. The van der Waals surface area contributed by atoms with Crippen molar-refractivity contribution in [3.8, 4) is 11.8 Å². The van der Waals surface area contributed by atoms with Crippen LogP contribution in [0.15, 0.2) is 36.0 Å². The van der Waals surface area contributed by atoms with E-state index in [1.165, 1.54) is 34.2 Å². The molecule has 2 aromatic heterocycles. The zero-order valence-corrected chi connectivity index (χ0v) is 21.7. The topological polar surface area (TPSA) is 92.8 Å². The molecule has 0 bridgehead atoms. The van der Waals surface area contributed by atoms with E-state index in [1.807, 2.05) is 22.8 Å². The van der Waals surface area contributed by atoms with Crippen molar-refractivity contribution in [1.29, 1.82) is 5.26 Å². The van der Waals surface area contributed by atoms with Gasteiger partial charge in [-0.15, -0.1) is 28.1 Å². The van der Waals surface area contributed by atoms with Gasteiger partial charge in [0.2, 0.25) is 5.91 Å². The maximum absolute atomic E-state index is 12.7. The normalized spacial score (nSPS) is 12.9. The monoisotopic (exact) mass is 507 g/mol. The highest BCUT2D eigenvalue weighted by molar-refractivity contribution is 7.99. The predicted molar refractivity (Wildman–Crippen MR) is 140 cm³/mol. The number of nitrogens with one attached hydrogen (secondary N) is 1. The van der Waals surface area contributed by atoms with Crippen LogP contribution in [-0.4, -0.2) is 26.4 Å². The number of nitriles is 1. The Bertz CT molecular complexity index is 1270. The van der Waals surface area contributed by atoms with Gasteiger partial charge in [0.1, 0.15) is 23.4 Å². The smallest absolute Gasteiger partial charge is 0.235 e. The first-order valence-corrected chi connectivity index (χ1v) is 13.5. The van der Waals surface area contributed by atoms with Gasteiger partial charge in [0, 0.05) is 11.4 Å². The van der Waals surface area contributed by atoms with E-state index in [0.29, 0.717) is 28.1 Å². The molecule has 0 aliphatic heterocycles. The fourth-order valence-corrected chi connectivity index (χ4v) is 6.06. The molecule has 35 heavy (non-hydrogen) atoms. The Labute approximate surface area is 214 Å². The maximum atomic E-state index is 12.7. The van der Waals surface area contributed by atoms with Crippen molar-refractivity contribution < 1.29 is 9.53 Å². The number of ether oxygens (including phenoxy) is 1. The number of thiophene rings is 1. The summed E-state index contributed by atoms with van der Waals surface area (Å²) in [7, 11) is 0. The molecule has 2 heterocycles. The number of anilines is 1. The third-order valence-electron chi connectivity index (χ3n) is 6.07. The number of amides is 1. The van der Waals surface area contributed by atoms with Crippen LogP contribution in [0.1, 0.15) is 52.2 Å². The molecule has 9 heteroatoms. The van der Waals surface area contributed by atoms with Crippen LogP contribution in [0, 0.1) is 25.2 Å². The minimum atomic E-state index is -0.163. The SMILES string of the molecule is C=CCn1c(COc2ccc(C)c(C)c2)nnc1SCC(=O)Nc1sc2c(c1C#N)CCCCC2. The lowest BCUT2D eigenvalue weighted by atomic mass is 10.1. The van der Waals surface area contributed by atoms with E-state index < -0.39 is 0 Å². The van der Waals surface area contributed by atoms with Crippen LogP contribution < -0.4 is 10.1 Å². The summed E-state index contributed by atoms with van der Waals surface area (Å²) in [5, 5.41) is 22.5. The van der Waals surface area contributed by atoms with Crippen molar-refractivity contribution in [2.45, 2.75) is 64.3 Å². The average molecular weight is 508 g/mol. The lowest BCUT2D eigenvalue weighted by Crippen LogP contribution is -2.15. The highest BCUT2D eigenvalue weighted by atomic mass is 32.2. The first-order chi connectivity index (χ1) is 17.0. The van der Waals surface area contributed by atoms with Gasteiger partial charge in [0.15, 0.2) is 11.0 Å². The molecule has 3 aromatic rings.